The van der Waals surface area contributed by atoms with Gasteiger partial charge in [-0.2, -0.15) is 0 Å². The molecule has 2 fully saturated rings. The second-order valence-corrected chi connectivity index (χ2v) is 11.4. The molecule has 2 aliphatic rings. The molecule has 34 heavy (non-hydrogen) atoms. The van der Waals surface area contributed by atoms with Crippen LogP contribution in [0.1, 0.15) is 31.2 Å². The number of rotatable bonds is 6. The highest BCUT2D eigenvalue weighted by atomic mass is 35.5. The monoisotopic (exact) mass is 525 g/mol. The summed E-state index contributed by atoms with van der Waals surface area (Å²) in [5, 5.41) is 4.17. The van der Waals surface area contributed by atoms with Gasteiger partial charge < -0.3 is 10.1 Å². The van der Waals surface area contributed by atoms with E-state index in [0.717, 1.165) is 37.9 Å². The van der Waals surface area contributed by atoms with E-state index in [9.17, 15) is 13.2 Å². The summed E-state index contributed by atoms with van der Waals surface area (Å²) in [6.07, 6.45) is 2.66. The molecule has 0 radical (unpaired) electrons. The molecule has 0 saturated carbocycles. The summed E-state index contributed by atoms with van der Waals surface area (Å²) in [6, 6.07) is 11.1. The average molecular weight is 526 g/mol. The second-order valence-electron chi connectivity index (χ2n) is 8.86. The van der Waals surface area contributed by atoms with Gasteiger partial charge in [-0.15, -0.1) is 0 Å². The van der Waals surface area contributed by atoms with Gasteiger partial charge in [0.1, 0.15) is 11.9 Å². The van der Waals surface area contributed by atoms with E-state index < -0.39 is 22.0 Å². The molecule has 2 aromatic carbocycles. The molecule has 4 rings (SSSR count). The number of piperidine rings is 2. The molecular formula is C24H29Cl2N3O4S. The quantitative estimate of drug-likeness (QED) is 0.596. The summed E-state index contributed by atoms with van der Waals surface area (Å²) in [6.45, 7) is 4.27. The summed E-state index contributed by atoms with van der Waals surface area (Å²) in [7, 11) is -3.98. The first-order valence-electron chi connectivity index (χ1n) is 11.4. The van der Waals surface area contributed by atoms with Crippen LogP contribution >= 0.6 is 23.2 Å². The van der Waals surface area contributed by atoms with E-state index in [4.69, 9.17) is 27.9 Å². The maximum atomic E-state index is 13.4. The zero-order valence-corrected chi connectivity index (χ0v) is 21.3. The Morgan fingerprint density at radius 1 is 1.06 bits per heavy atom. The van der Waals surface area contributed by atoms with Crippen molar-refractivity contribution in [2.24, 2.45) is 0 Å². The minimum atomic E-state index is -3.98. The fourth-order valence-electron chi connectivity index (χ4n) is 4.61. The highest BCUT2D eigenvalue weighted by Crippen LogP contribution is 2.31. The van der Waals surface area contributed by atoms with Gasteiger partial charge in [0.15, 0.2) is 0 Å². The number of halogens is 2. The number of nitrogens with zero attached hydrogens (tertiary/aromatic N) is 1. The third-order valence-electron chi connectivity index (χ3n) is 6.44. The summed E-state index contributed by atoms with van der Waals surface area (Å²) >= 11 is 12.1. The molecule has 2 saturated heterocycles. The number of benzene rings is 2. The van der Waals surface area contributed by atoms with Crippen LogP contribution in [0.5, 0.6) is 5.75 Å². The zero-order valence-electron chi connectivity index (χ0n) is 19.0. The number of amides is 1. The van der Waals surface area contributed by atoms with Crippen molar-refractivity contribution in [3.05, 3.63) is 58.1 Å². The lowest BCUT2D eigenvalue weighted by Crippen LogP contribution is -2.58. The summed E-state index contributed by atoms with van der Waals surface area (Å²) < 4.78 is 34.2. The Bertz CT molecular complexity index is 1120. The van der Waals surface area contributed by atoms with Crippen LogP contribution in [0, 0.1) is 6.92 Å². The van der Waals surface area contributed by atoms with Gasteiger partial charge in [0.25, 0.3) is 15.9 Å². The van der Waals surface area contributed by atoms with Gasteiger partial charge in [-0.3, -0.25) is 9.69 Å². The van der Waals surface area contributed by atoms with E-state index in [1.54, 1.807) is 30.3 Å². The van der Waals surface area contributed by atoms with Gasteiger partial charge in [-0.25, -0.2) is 13.1 Å². The third kappa shape index (κ3) is 6.04. The number of carbonyl (C=O) groups excluding carboxylic acids is 1. The molecule has 10 heteroatoms. The van der Waals surface area contributed by atoms with Crippen molar-refractivity contribution in [2.75, 3.05) is 19.6 Å². The maximum absolute atomic E-state index is 13.4. The van der Waals surface area contributed by atoms with Gasteiger partial charge in [-0.1, -0.05) is 40.9 Å². The number of nitrogens with one attached hydrogen (secondary N) is 2. The summed E-state index contributed by atoms with van der Waals surface area (Å²) in [5.74, 6) is 0.0442. The predicted molar refractivity (Wildman–Crippen MR) is 133 cm³/mol. The van der Waals surface area contributed by atoms with Gasteiger partial charge >= 0.3 is 0 Å². The standard InChI is InChI=1S/C24H29Cl2N3O4S/c1-16-2-5-20(6-3-16)34(31,32)28-24(30)23-15-19(33-18-4-7-21(25)22(26)14-18)10-13-29(23)17-8-11-27-12-9-17/h2-7,14,17,19,23,27H,8-13,15H2,1H3,(H,28,30). The van der Waals surface area contributed by atoms with Crippen molar-refractivity contribution < 1.29 is 17.9 Å². The van der Waals surface area contributed by atoms with Crippen molar-refractivity contribution in [3.63, 3.8) is 0 Å². The Hall–Kier alpha value is -1.84. The van der Waals surface area contributed by atoms with Crippen LogP contribution in [0.3, 0.4) is 0 Å². The van der Waals surface area contributed by atoms with E-state index in [1.807, 2.05) is 6.92 Å². The van der Waals surface area contributed by atoms with Crippen LogP contribution in [0.2, 0.25) is 10.0 Å². The summed E-state index contributed by atoms with van der Waals surface area (Å²) in [5.41, 5.74) is 0.942. The first-order valence-corrected chi connectivity index (χ1v) is 13.7. The predicted octanol–water partition coefficient (Wildman–Crippen LogP) is 3.77. The molecule has 2 aliphatic heterocycles. The molecule has 7 nitrogen and oxygen atoms in total. The molecule has 184 valence electrons. The van der Waals surface area contributed by atoms with Crippen LogP contribution in [-0.4, -0.2) is 57.0 Å². The molecule has 0 bridgehead atoms. The van der Waals surface area contributed by atoms with E-state index >= 15 is 0 Å². The lowest BCUT2D eigenvalue weighted by Gasteiger charge is -2.44. The molecule has 0 aliphatic carbocycles. The summed E-state index contributed by atoms with van der Waals surface area (Å²) in [4.78, 5) is 15.6. The number of likely N-dealkylation sites (tertiary alicyclic amines) is 1. The molecule has 2 unspecified atom stereocenters. The van der Waals surface area contributed by atoms with Crippen molar-refractivity contribution in [1.29, 1.82) is 0 Å². The number of aryl methyl sites for hydroxylation is 1. The van der Waals surface area contributed by atoms with Gasteiger partial charge in [0, 0.05) is 25.1 Å². The zero-order chi connectivity index (χ0) is 24.3. The third-order valence-corrected chi connectivity index (χ3v) is 8.54. The van der Waals surface area contributed by atoms with Crippen LogP contribution in [-0.2, 0) is 14.8 Å². The highest BCUT2D eigenvalue weighted by Gasteiger charge is 2.39. The van der Waals surface area contributed by atoms with Crippen molar-refractivity contribution in [1.82, 2.24) is 14.9 Å². The lowest BCUT2D eigenvalue weighted by atomic mass is 9.93. The van der Waals surface area contributed by atoms with Gasteiger partial charge in [-0.05, 0) is 63.5 Å². The Labute approximate surface area is 210 Å². The first kappa shape index (κ1) is 25.3. The van der Waals surface area contributed by atoms with E-state index in [1.165, 1.54) is 12.1 Å². The number of sulfonamides is 1. The molecule has 0 spiro atoms. The molecular weight excluding hydrogens is 497 g/mol. The van der Waals surface area contributed by atoms with Gasteiger partial charge in [0.05, 0.1) is 21.0 Å². The van der Waals surface area contributed by atoms with Gasteiger partial charge in [0.2, 0.25) is 0 Å². The fraction of sp³-hybridized carbons (Fsp3) is 0.458. The van der Waals surface area contributed by atoms with Crippen molar-refractivity contribution >= 4 is 39.1 Å². The van der Waals surface area contributed by atoms with Crippen LogP contribution in [0.4, 0.5) is 0 Å². The van der Waals surface area contributed by atoms with Crippen LogP contribution in [0.15, 0.2) is 47.4 Å². The Kier molecular flexibility index (Phi) is 8.05. The molecule has 2 aromatic rings. The number of hydrogen-bond acceptors (Lipinski definition) is 6. The average Bonchev–Trinajstić information content (AvgIpc) is 2.82. The first-order chi connectivity index (χ1) is 16.2. The second kappa shape index (κ2) is 10.8. The largest absolute Gasteiger partial charge is 0.490 e. The molecule has 2 heterocycles. The maximum Gasteiger partial charge on any atom is 0.264 e. The van der Waals surface area contributed by atoms with E-state index in [-0.39, 0.29) is 17.0 Å². The SMILES string of the molecule is Cc1ccc(S(=O)(=O)NC(=O)C2CC(Oc3ccc(Cl)c(Cl)c3)CCN2C2CCNCC2)cc1. The lowest BCUT2D eigenvalue weighted by molar-refractivity contribution is -0.129. The number of ether oxygens (including phenoxy) is 1. The Morgan fingerprint density at radius 3 is 2.44 bits per heavy atom. The van der Waals surface area contributed by atoms with E-state index in [0.29, 0.717) is 28.8 Å². The topological polar surface area (TPSA) is 87.7 Å². The normalized spacial score (nSPS) is 22.3. The Balaban J connectivity index is 1.52. The van der Waals surface area contributed by atoms with Crippen molar-refractivity contribution in [2.45, 2.75) is 55.7 Å². The minimum Gasteiger partial charge on any atom is -0.490 e. The molecule has 2 N–H and O–H groups in total. The fourth-order valence-corrected chi connectivity index (χ4v) is 5.91. The van der Waals surface area contributed by atoms with Crippen LogP contribution in [0.25, 0.3) is 0 Å². The van der Waals surface area contributed by atoms with Crippen LogP contribution < -0.4 is 14.8 Å². The minimum absolute atomic E-state index is 0.0688. The smallest absolute Gasteiger partial charge is 0.264 e. The van der Waals surface area contributed by atoms with E-state index in [2.05, 4.69) is 14.9 Å². The molecule has 0 aromatic heterocycles. The van der Waals surface area contributed by atoms with Crippen molar-refractivity contribution in [3.8, 4) is 5.75 Å². The molecule has 2 atom stereocenters. The molecule has 1 amide bonds. The highest BCUT2D eigenvalue weighted by molar-refractivity contribution is 7.90. The Morgan fingerprint density at radius 2 is 1.76 bits per heavy atom. The number of carbonyl (C=O) groups is 1. The number of hydrogen-bond donors (Lipinski definition) is 2.